The van der Waals surface area contributed by atoms with Crippen molar-refractivity contribution in [1.82, 2.24) is 19.9 Å². The molecule has 2 aromatic carbocycles. The highest BCUT2D eigenvalue weighted by Gasteiger charge is 2.23. The Kier molecular flexibility index (Phi) is 4.21. The van der Waals surface area contributed by atoms with Gasteiger partial charge in [0, 0.05) is 53.9 Å². The second-order valence-corrected chi connectivity index (χ2v) is 7.70. The third kappa shape index (κ3) is 3.21. The monoisotopic (exact) mass is 385 g/mol. The van der Waals surface area contributed by atoms with Crippen molar-refractivity contribution in [2.45, 2.75) is 26.4 Å². The van der Waals surface area contributed by atoms with E-state index in [-0.39, 0.29) is 5.56 Å². The molecular formula is C23H23N5O. The van der Waals surface area contributed by atoms with E-state index in [0.717, 1.165) is 41.8 Å². The number of H-pyrrole nitrogens is 2. The van der Waals surface area contributed by atoms with Gasteiger partial charge in [0.1, 0.15) is 5.82 Å². The van der Waals surface area contributed by atoms with Crippen molar-refractivity contribution in [3.8, 4) is 11.4 Å². The van der Waals surface area contributed by atoms with Gasteiger partial charge in [0.25, 0.3) is 5.56 Å². The van der Waals surface area contributed by atoms with Crippen LogP contribution < -0.4 is 11.3 Å². The van der Waals surface area contributed by atoms with Crippen LogP contribution in [0.4, 0.5) is 5.69 Å². The molecule has 0 radical (unpaired) electrons. The Labute approximate surface area is 168 Å². The van der Waals surface area contributed by atoms with Crippen molar-refractivity contribution in [3.63, 3.8) is 0 Å². The Morgan fingerprint density at radius 3 is 2.72 bits per heavy atom. The number of rotatable bonds is 3. The summed E-state index contributed by atoms with van der Waals surface area (Å²) in [4.78, 5) is 26.3. The molecule has 0 fully saturated rings. The van der Waals surface area contributed by atoms with Gasteiger partial charge in [0.2, 0.25) is 0 Å². The molecule has 4 aromatic rings. The fourth-order valence-corrected chi connectivity index (χ4v) is 4.16. The van der Waals surface area contributed by atoms with Crippen molar-refractivity contribution in [2.24, 2.45) is 0 Å². The molecule has 0 atom stereocenters. The minimum absolute atomic E-state index is 0.0535. The summed E-state index contributed by atoms with van der Waals surface area (Å²) in [5.74, 6) is 0.606. The average molecular weight is 385 g/mol. The highest BCUT2D eigenvalue weighted by molar-refractivity contribution is 5.84. The Hall–Kier alpha value is -3.38. The molecular weight excluding hydrogens is 362 g/mol. The number of aromatic nitrogens is 3. The Balaban J connectivity index is 1.43. The van der Waals surface area contributed by atoms with Gasteiger partial charge in [-0.05, 0) is 42.8 Å². The molecule has 0 saturated carbocycles. The number of aryl methyl sites for hydroxylation is 1. The first-order valence-corrected chi connectivity index (χ1v) is 9.85. The molecule has 6 nitrogen and oxygen atoms in total. The maximum absolute atomic E-state index is 12.8. The van der Waals surface area contributed by atoms with Crippen LogP contribution in [-0.4, -0.2) is 26.4 Å². The lowest BCUT2D eigenvalue weighted by Crippen LogP contribution is -2.35. The van der Waals surface area contributed by atoms with Crippen molar-refractivity contribution in [2.75, 3.05) is 12.3 Å². The maximum atomic E-state index is 12.8. The lowest BCUT2D eigenvalue weighted by Gasteiger charge is -2.28. The van der Waals surface area contributed by atoms with E-state index < -0.39 is 0 Å². The molecule has 1 aliphatic heterocycles. The van der Waals surface area contributed by atoms with Crippen LogP contribution >= 0.6 is 0 Å². The second-order valence-electron chi connectivity index (χ2n) is 7.70. The van der Waals surface area contributed by atoms with Crippen molar-refractivity contribution in [3.05, 3.63) is 81.4 Å². The highest BCUT2D eigenvalue weighted by Crippen LogP contribution is 2.26. The van der Waals surface area contributed by atoms with Gasteiger partial charge in [-0.3, -0.25) is 9.69 Å². The third-order valence-corrected chi connectivity index (χ3v) is 5.74. The molecule has 0 bridgehead atoms. The van der Waals surface area contributed by atoms with E-state index in [4.69, 9.17) is 10.7 Å². The van der Waals surface area contributed by atoms with Crippen LogP contribution in [-0.2, 0) is 19.5 Å². The molecule has 0 unspecified atom stereocenters. The van der Waals surface area contributed by atoms with Crippen molar-refractivity contribution in [1.29, 1.82) is 0 Å². The summed E-state index contributed by atoms with van der Waals surface area (Å²) in [6.45, 7) is 4.41. The van der Waals surface area contributed by atoms with Crippen LogP contribution in [0.5, 0.6) is 0 Å². The summed E-state index contributed by atoms with van der Waals surface area (Å²) < 4.78 is 0. The number of nitrogens with zero attached hydrogens (tertiary/aromatic N) is 2. The van der Waals surface area contributed by atoms with E-state index >= 15 is 0 Å². The van der Waals surface area contributed by atoms with E-state index in [9.17, 15) is 4.79 Å². The first-order valence-electron chi connectivity index (χ1n) is 9.85. The van der Waals surface area contributed by atoms with E-state index in [1.54, 1.807) is 0 Å². The summed E-state index contributed by atoms with van der Waals surface area (Å²) in [5.41, 5.74) is 12.6. The minimum Gasteiger partial charge on any atom is -0.399 e. The van der Waals surface area contributed by atoms with E-state index in [1.165, 1.54) is 16.6 Å². The van der Waals surface area contributed by atoms with Gasteiger partial charge < -0.3 is 15.7 Å². The van der Waals surface area contributed by atoms with Gasteiger partial charge in [-0.1, -0.05) is 18.2 Å². The Bertz CT molecular complexity index is 1250. The molecule has 0 spiro atoms. The van der Waals surface area contributed by atoms with E-state index in [1.807, 2.05) is 30.3 Å². The SMILES string of the molecule is Cc1[nH]c2ccccc2c1CN1CCc2nc(-c3ccc(N)cc3)[nH]c(=O)c2C1. The van der Waals surface area contributed by atoms with Crippen molar-refractivity contribution >= 4 is 16.6 Å². The standard InChI is InChI=1S/C23H23N5O/c1-14-18(17-4-2-3-5-20(17)25-14)12-28-11-10-21-19(13-28)23(29)27-22(26-21)15-6-8-16(24)9-7-15/h2-9,25H,10-13,24H2,1H3,(H,26,27,29). The topological polar surface area (TPSA) is 90.8 Å². The molecule has 146 valence electrons. The van der Waals surface area contributed by atoms with Gasteiger partial charge >= 0.3 is 0 Å². The third-order valence-electron chi connectivity index (χ3n) is 5.74. The number of aromatic amines is 2. The van der Waals surface area contributed by atoms with Crippen LogP contribution in [0.3, 0.4) is 0 Å². The zero-order chi connectivity index (χ0) is 20.0. The number of hydrogen-bond acceptors (Lipinski definition) is 4. The van der Waals surface area contributed by atoms with Crippen LogP contribution in [0.2, 0.25) is 0 Å². The molecule has 4 N–H and O–H groups in total. The van der Waals surface area contributed by atoms with Crippen LogP contribution in [0.1, 0.15) is 22.5 Å². The smallest absolute Gasteiger partial charge is 0.255 e. The minimum atomic E-state index is -0.0535. The van der Waals surface area contributed by atoms with Crippen LogP contribution in [0, 0.1) is 6.92 Å². The summed E-state index contributed by atoms with van der Waals surface area (Å²) in [7, 11) is 0. The predicted molar refractivity (Wildman–Crippen MR) is 116 cm³/mol. The van der Waals surface area contributed by atoms with Gasteiger partial charge in [-0.2, -0.15) is 0 Å². The van der Waals surface area contributed by atoms with Crippen LogP contribution in [0.15, 0.2) is 53.3 Å². The fourth-order valence-electron chi connectivity index (χ4n) is 4.16. The number of nitrogen functional groups attached to an aromatic ring is 1. The molecule has 3 heterocycles. The number of anilines is 1. The van der Waals surface area contributed by atoms with Gasteiger partial charge in [0.15, 0.2) is 0 Å². The zero-order valence-corrected chi connectivity index (χ0v) is 16.3. The number of para-hydroxylation sites is 1. The van der Waals surface area contributed by atoms with Crippen LogP contribution in [0.25, 0.3) is 22.3 Å². The van der Waals surface area contributed by atoms with E-state index in [2.05, 4.69) is 40.0 Å². The molecule has 0 aliphatic carbocycles. The number of fused-ring (bicyclic) bond motifs is 2. The molecule has 0 amide bonds. The summed E-state index contributed by atoms with van der Waals surface area (Å²) in [6, 6.07) is 15.8. The molecule has 29 heavy (non-hydrogen) atoms. The first kappa shape index (κ1) is 17.7. The maximum Gasteiger partial charge on any atom is 0.255 e. The normalized spacial score (nSPS) is 14.2. The summed E-state index contributed by atoms with van der Waals surface area (Å²) in [5, 5.41) is 1.25. The molecule has 0 saturated heterocycles. The number of hydrogen-bond donors (Lipinski definition) is 3. The number of nitrogens with two attached hydrogens (primary N) is 1. The summed E-state index contributed by atoms with van der Waals surface area (Å²) >= 11 is 0. The lowest BCUT2D eigenvalue weighted by atomic mass is 10.0. The highest BCUT2D eigenvalue weighted by atomic mass is 16.1. The zero-order valence-electron chi connectivity index (χ0n) is 16.3. The Morgan fingerprint density at radius 1 is 1.10 bits per heavy atom. The fraction of sp³-hybridized carbons (Fsp3) is 0.217. The lowest BCUT2D eigenvalue weighted by molar-refractivity contribution is 0.242. The molecule has 2 aromatic heterocycles. The quantitative estimate of drug-likeness (QED) is 0.472. The van der Waals surface area contributed by atoms with Crippen molar-refractivity contribution < 1.29 is 0 Å². The number of nitrogens with one attached hydrogen (secondary N) is 2. The molecule has 6 heteroatoms. The molecule has 5 rings (SSSR count). The molecule has 1 aliphatic rings. The van der Waals surface area contributed by atoms with Gasteiger partial charge in [-0.25, -0.2) is 4.98 Å². The van der Waals surface area contributed by atoms with E-state index in [0.29, 0.717) is 18.1 Å². The Morgan fingerprint density at radius 2 is 1.90 bits per heavy atom. The summed E-state index contributed by atoms with van der Waals surface area (Å²) in [6.07, 6.45) is 0.766. The van der Waals surface area contributed by atoms with Gasteiger partial charge in [-0.15, -0.1) is 0 Å². The number of benzene rings is 2. The average Bonchev–Trinajstić information content (AvgIpc) is 3.04. The second kappa shape index (κ2) is 6.90. The largest absolute Gasteiger partial charge is 0.399 e. The first-order chi connectivity index (χ1) is 14.1. The van der Waals surface area contributed by atoms with Gasteiger partial charge in [0.05, 0.1) is 11.3 Å². The predicted octanol–water partition coefficient (Wildman–Crippen LogP) is 3.37.